The predicted molar refractivity (Wildman–Crippen MR) is 103 cm³/mol. The maximum atomic E-state index is 12.5. The van der Waals surface area contributed by atoms with Crippen molar-refractivity contribution in [2.45, 2.75) is 6.92 Å². The van der Waals surface area contributed by atoms with Crippen LogP contribution in [0.25, 0.3) is 21.7 Å². The number of nitrogens with zero attached hydrogens (tertiary/aromatic N) is 3. The topological polar surface area (TPSA) is 88.3 Å². The van der Waals surface area contributed by atoms with Gasteiger partial charge in [0.05, 0.1) is 0 Å². The number of furan rings is 1. The lowest BCUT2D eigenvalue weighted by atomic mass is 10.2. The molecule has 136 valence electrons. The predicted octanol–water partition coefficient (Wildman–Crippen LogP) is 3.18. The number of carbonyl (C=O) groups is 1. The molecule has 1 aliphatic rings. The molecule has 2 amide bonds. The van der Waals surface area contributed by atoms with E-state index in [2.05, 4.69) is 15.5 Å². The molecule has 2 atom stereocenters. The van der Waals surface area contributed by atoms with Crippen molar-refractivity contribution in [2.24, 2.45) is 5.92 Å². The molecule has 1 aliphatic heterocycles. The molecular formula is C17H18N4O3S2. The molecule has 0 radical (unpaired) electrons. The summed E-state index contributed by atoms with van der Waals surface area (Å²) in [7, 11) is -0.860. The van der Waals surface area contributed by atoms with Gasteiger partial charge in [-0.2, -0.15) is 0 Å². The molecule has 1 aromatic carbocycles. The van der Waals surface area contributed by atoms with Crippen LogP contribution in [-0.4, -0.2) is 49.9 Å². The average Bonchev–Trinajstić information content (AvgIpc) is 3.20. The molecule has 0 aliphatic carbocycles. The van der Waals surface area contributed by atoms with E-state index >= 15 is 0 Å². The monoisotopic (exact) mass is 390 g/mol. The first-order chi connectivity index (χ1) is 12.6. The standard InChI is InChI=1S/C17H18N4O3S2/c1-11-9-21(6-7-26(23)10-11)17(22)18-16-20-19-15(25-16)14-8-12-4-2-3-5-13(12)24-14/h2-5,8,11H,6-7,9-10H2,1H3,(H,18,20,22). The molecule has 9 heteroatoms. The SMILES string of the molecule is CC1CN(C(=O)Nc2nnc(-c3cc4ccccc4o3)s2)CCS(=O)C1. The summed E-state index contributed by atoms with van der Waals surface area (Å²) in [5.74, 6) is 1.99. The zero-order chi connectivity index (χ0) is 18.1. The van der Waals surface area contributed by atoms with Crippen LogP contribution in [0.5, 0.6) is 0 Å². The van der Waals surface area contributed by atoms with Crippen LogP contribution in [0.2, 0.25) is 0 Å². The number of hydrogen-bond donors (Lipinski definition) is 1. The number of rotatable bonds is 2. The Kier molecular flexibility index (Phi) is 4.73. The molecule has 4 rings (SSSR count). The summed E-state index contributed by atoms with van der Waals surface area (Å²) in [4.78, 5) is 14.2. The summed E-state index contributed by atoms with van der Waals surface area (Å²) in [5, 5.41) is 13.0. The number of fused-ring (bicyclic) bond motifs is 1. The first-order valence-electron chi connectivity index (χ1n) is 8.32. The highest BCUT2D eigenvalue weighted by Crippen LogP contribution is 2.31. The van der Waals surface area contributed by atoms with Crippen LogP contribution in [0.3, 0.4) is 0 Å². The molecule has 1 saturated heterocycles. The Morgan fingerprint density at radius 1 is 1.38 bits per heavy atom. The van der Waals surface area contributed by atoms with Crippen LogP contribution in [-0.2, 0) is 10.8 Å². The number of anilines is 1. The molecule has 3 heterocycles. The van der Waals surface area contributed by atoms with Crippen LogP contribution in [0.1, 0.15) is 6.92 Å². The molecule has 26 heavy (non-hydrogen) atoms. The van der Waals surface area contributed by atoms with E-state index in [4.69, 9.17) is 4.42 Å². The number of amides is 2. The fourth-order valence-corrected chi connectivity index (χ4v) is 4.97. The minimum atomic E-state index is -0.860. The quantitative estimate of drug-likeness (QED) is 0.726. The summed E-state index contributed by atoms with van der Waals surface area (Å²) in [6, 6.07) is 9.40. The van der Waals surface area contributed by atoms with Crippen molar-refractivity contribution in [1.82, 2.24) is 15.1 Å². The summed E-state index contributed by atoms with van der Waals surface area (Å²) < 4.78 is 17.6. The van der Waals surface area contributed by atoms with Gasteiger partial charge in [0, 0.05) is 40.8 Å². The molecule has 2 aromatic heterocycles. The number of carbonyl (C=O) groups excluding carboxylic acids is 1. The molecule has 1 fully saturated rings. The summed E-state index contributed by atoms with van der Waals surface area (Å²) in [6.45, 7) is 3.08. The number of nitrogens with one attached hydrogen (secondary N) is 1. The summed E-state index contributed by atoms with van der Waals surface area (Å²) in [5.41, 5.74) is 0.787. The van der Waals surface area contributed by atoms with Crippen molar-refractivity contribution in [2.75, 3.05) is 29.9 Å². The highest BCUT2D eigenvalue weighted by atomic mass is 32.2. The van der Waals surface area contributed by atoms with Gasteiger partial charge in [0.1, 0.15) is 5.58 Å². The summed E-state index contributed by atoms with van der Waals surface area (Å²) in [6.07, 6.45) is 0. The van der Waals surface area contributed by atoms with Crippen molar-refractivity contribution in [3.8, 4) is 10.8 Å². The number of urea groups is 1. The van der Waals surface area contributed by atoms with E-state index in [0.29, 0.717) is 40.5 Å². The van der Waals surface area contributed by atoms with Gasteiger partial charge in [-0.3, -0.25) is 9.53 Å². The lowest BCUT2D eigenvalue weighted by molar-refractivity contribution is 0.210. The number of aromatic nitrogens is 2. The van der Waals surface area contributed by atoms with Crippen molar-refractivity contribution in [3.05, 3.63) is 30.3 Å². The Bertz CT molecular complexity index is 935. The van der Waals surface area contributed by atoms with Crippen LogP contribution in [0, 0.1) is 5.92 Å². The zero-order valence-corrected chi connectivity index (χ0v) is 15.8. The molecular weight excluding hydrogens is 372 g/mol. The van der Waals surface area contributed by atoms with Crippen LogP contribution in [0.4, 0.5) is 9.93 Å². The van der Waals surface area contributed by atoms with Crippen LogP contribution in [0.15, 0.2) is 34.7 Å². The van der Waals surface area contributed by atoms with Crippen molar-refractivity contribution >= 4 is 44.3 Å². The first-order valence-corrected chi connectivity index (χ1v) is 10.6. The highest BCUT2D eigenvalue weighted by molar-refractivity contribution is 7.85. The second-order valence-electron chi connectivity index (χ2n) is 6.35. The maximum Gasteiger partial charge on any atom is 0.323 e. The third-order valence-corrected chi connectivity index (χ3v) is 6.59. The highest BCUT2D eigenvalue weighted by Gasteiger charge is 2.23. The Morgan fingerprint density at radius 2 is 2.23 bits per heavy atom. The van der Waals surface area contributed by atoms with E-state index in [1.54, 1.807) is 4.90 Å². The van der Waals surface area contributed by atoms with Crippen LogP contribution < -0.4 is 5.32 Å². The zero-order valence-electron chi connectivity index (χ0n) is 14.2. The third-order valence-electron chi connectivity index (χ3n) is 4.15. The van der Waals surface area contributed by atoms with Crippen molar-refractivity contribution in [1.29, 1.82) is 0 Å². The number of hydrogen-bond acceptors (Lipinski definition) is 6. The molecule has 0 spiro atoms. The van der Waals surface area contributed by atoms with Gasteiger partial charge in [-0.05, 0) is 18.1 Å². The fraction of sp³-hybridized carbons (Fsp3) is 0.353. The Balaban J connectivity index is 1.47. The van der Waals surface area contributed by atoms with E-state index < -0.39 is 10.8 Å². The largest absolute Gasteiger partial charge is 0.453 e. The smallest absolute Gasteiger partial charge is 0.323 e. The van der Waals surface area contributed by atoms with Gasteiger partial charge >= 0.3 is 6.03 Å². The van der Waals surface area contributed by atoms with Gasteiger partial charge in [0.2, 0.25) is 5.13 Å². The van der Waals surface area contributed by atoms with E-state index in [1.807, 2.05) is 37.3 Å². The van der Waals surface area contributed by atoms with E-state index in [-0.39, 0.29) is 11.9 Å². The van der Waals surface area contributed by atoms with Crippen molar-refractivity contribution < 1.29 is 13.4 Å². The van der Waals surface area contributed by atoms with Gasteiger partial charge in [-0.1, -0.05) is 36.5 Å². The van der Waals surface area contributed by atoms with Gasteiger partial charge in [-0.15, -0.1) is 10.2 Å². The Labute approximate surface area is 156 Å². The van der Waals surface area contributed by atoms with Crippen LogP contribution >= 0.6 is 11.3 Å². The van der Waals surface area contributed by atoms with Gasteiger partial charge < -0.3 is 9.32 Å². The van der Waals surface area contributed by atoms with E-state index in [0.717, 1.165) is 11.0 Å². The Hall–Kier alpha value is -2.26. The van der Waals surface area contributed by atoms with Gasteiger partial charge in [0.25, 0.3) is 0 Å². The second kappa shape index (κ2) is 7.16. The minimum absolute atomic E-state index is 0.213. The molecule has 3 aromatic rings. The minimum Gasteiger partial charge on any atom is -0.453 e. The average molecular weight is 390 g/mol. The molecule has 2 unspecified atom stereocenters. The lowest BCUT2D eigenvalue weighted by Gasteiger charge is -2.21. The maximum absolute atomic E-state index is 12.5. The summed E-state index contributed by atoms with van der Waals surface area (Å²) >= 11 is 1.27. The van der Waals surface area contributed by atoms with Gasteiger partial charge in [-0.25, -0.2) is 4.79 Å². The van der Waals surface area contributed by atoms with E-state index in [9.17, 15) is 9.00 Å². The molecule has 7 nitrogen and oxygen atoms in total. The number of benzene rings is 1. The molecule has 0 saturated carbocycles. The normalized spacial score (nSPS) is 20.9. The molecule has 0 bridgehead atoms. The Morgan fingerprint density at radius 3 is 3.08 bits per heavy atom. The fourth-order valence-electron chi connectivity index (χ4n) is 2.95. The molecule has 1 N–H and O–H groups in total. The van der Waals surface area contributed by atoms with Crippen molar-refractivity contribution in [3.63, 3.8) is 0 Å². The first kappa shape index (κ1) is 17.2. The second-order valence-corrected chi connectivity index (χ2v) is 8.95. The third kappa shape index (κ3) is 3.63. The van der Waals surface area contributed by atoms with Gasteiger partial charge in [0.15, 0.2) is 10.8 Å². The number of para-hydroxylation sites is 1. The lowest BCUT2D eigenvalue weighted by Crippen LogP contribution is -2.38. The van der Waals surface area contributed by atoms with E-state index in [1.165, 1.54) is 11.3 Å².